The normalized spacial score (nSPS) is 15.7. The molecule has 2 amide bonds. The molecule has 3 aromatic carbocycles. The van der Waals surface area contributed by atoms with Gasteiger partial charge in [0, 0.05) is 0 Å². The number of nitrogens with zero attached hydrogens (tertiary/aromatic N) is 1. The number of methoxy groups -OCH3 is 1. The molecule has 1 fully saturated rings. The maximum Gasteiger partial charge on any atom is 0.293 e. The van der Waals surface area contributed by atoms with Gasteiger partial charge in [0.15, 0.2) is 0 Å². The number of carbonyl (C=O) groups excluding carboxylic acids is 2. The fourth-order valence-corrected chi connectivity index (χ4v) is 3.96. The zero-order valence-corrected chi connectivity index (χ0v) is 15.5. The van der Waals surface area contributed by atoms with E-state index in [9.17, 15) is 9.59 Å². The van der Waals surface area contributed by atoms with Crippen molar-refractivity contribution in [3.63, 3.8) is 0 Å². The summed E-state index contributed by atoms with van der Waals surface area (Å²) in [6.45, 7) is 0.265. The van der Waals surface area contributed by atoms with Crippen LogP contribution in [0.2, 0.25) is 0 Å². The summed E-state index contributed by atoms with van der Waals surface area (Å²) >= 11 is 0.972. The minimum atomic E-state index is -0.263. The molecule has 4 nitrogen and oxygen atoms in total. The predicted octanol–water partition coefficient (Wildman–Crippen LogP) is 5.08. The number of fused-ring (bicyclic) bond motifs is 1. The fraction of sp³-hybridized carbons (Fsp3) is 0.0909. The Balaban J connectivity index is 1.62. The molecule has 1 aliphatic heterocycles. The Kier molecular flexibility index (Phi) is 4.69. The van der Waals surface area contributed by atoms with Crippen LogP contribution in [0.4, 0.5) is 4.79 Å². The van der Waals surface area contributed by atoms with Gasteiger partial charge in [0.1, 0.15) is 5.75 Å². The van der Waals surface area contributed by atoms with Crippen LogP contribution in [-0.2, 0) is 11.3 Å². The summed E-state index contributed by atoms with van der Waals surface area (Å²) < 4.78 is 5.21. The molecule has 1 saturated heterocycles. The first kappa shape index (κ1) is 17.4. The first-order chi connectivity index (χ1) is 13.2. The Hall–Kier alpha value is -3.05. The van der Waals surface area contributed by atoms with Crippen molar-refractivity contribution in [3.8, 4) is 5.75 Å². The predicted molar refractivity (Wildman–Crippen MR) is 108 cm³/mol. The van der Waals surface area contributed by atoms with E-state index in [1.807, 2.05) is 66.7 Å². The number of thioether (sulfide) groups is 1. The van der Waals surface area contributed by atoms with Gasteiger partial charge in [-0.3, -0.25) is 14.5 Å². The van der Waals surface area contributed by atoms with Gasteiger partial charge in [-0.05, 0) is 51.9 Å². The molecule has 0 bridgehead atoms. The van der Waals surface area contributed by atoms with Crippen LogP contribution in [0.3, 0.4) is 0 Å². The van der Waals surface area contributed by atoms with Crippen LogP contribution in [0.1, 0.15) is 11.1 Å². The molecule has 1 heterocycles. The number of rotatable bonds is 4. The Morgan fingerprint density at radius 3 is 2.63 bits per heavy atom. The Morgan fingerprint density at radius 2 is 1.78 bits per heavy atom. The summed E-state index contributed by atoms with van der Waals surface area (Å²) in [5.41, 5.74) is 1.78. The molecule has 4 rings (SSSR count). The lowest BCUT2D eigenvalue weighted by molar-refractivity contribution is -0.123. The van der Waals surface area contributed by atoms with E-state index in [1.165, 1.54) is 4.90 Å². The first-order valence-corrected chi connectivity index (χ1v) is 9.33. The molecule has 0 spiro atoms. The number of hydrogen-bond acceptors (Lipinski definition) is 4. The highest BCUT2D eigenvalue weighted by atomic mass is 32.2. The zero-order chi connectivity index (χ0) is 18.8. The standard InChI is InChI=1S/C22H17NO3S/c1-26-18-10-4-6-15(12-18)13-20-21(24)23(22(25)27-20)14-17-9-5-8-16-7-2-3-11-19(16)17/h2-13H,14H2,1H3/b20-13-. The zero-order valence-electron chi connectivity index (χ0n) is 14.7. The number of benzene rings is 3. The Morgan fingerprint density at radius 1 is 1.00 bits per heavy atom. The van der Waals surface area contributed by atoms with E-state index in [1.54, 1.807) is 13.2 Å². The lowest BCUT2D eigenvalue weighted by Gasteiger charge is -2.14. The van der Waals surface area contributed by atoms with Gasteiger partial charge < -0.3 is 4.74 Å². The third kappa shape index (κ3) is 3.46. The molecule has 0 unspecified atom stereocenters. The van der Waals surface area contributed by atoms with Crippen LogP contribution in [0.15, 0.2) is 71.6 Å². The molecular weight excluding hydrogens is 358 g/mol. The number of imide groups is 1. The summed E-state index contributed by atoms with van der Waals surface area (Å²) in [6.07, 6.45) is 1.73. The van der Waals surface area contributed by atoms with Crippen LogP contribution >= 0.6 is 11.8 Å². The van der Waals surface area contributed by atoms with Crippen molar-refractivity contribution in [1.82, 2.24) is 4.90 Å². The van der Waals surface area contributed by atoms with Crippen LogP contribution in [0.5, 0.6) is 5.75 Å². The lowest BCUT2D eigenvalue weighted by Crippen LogP contribution is -2.27. The molecule has 0 aliphatic carbocycles. The van der Waals surface area contributed by atoms with Crippen molar-refractivity contribution in [1.29, 1.82) is 0 Å². The molecule has 0 aromatic heterocycles. The topological polar surface area (TPSA) is 46.6 Å². The minimum Gasteiger partial charge on any atom is -0.497 e. The number of carbonyl (C=O) groups is 2. The second-order valence-corrected chi connectivity index (χ2v) is 7.18. The van der Waals surface area contributed by atoms with Gasteiger partial charge in [0.25, 0.3) is 11.1 Å². The molecular formula is C22H17NO3S. The maximum absolute atomic E-state index is 12.8. The van der Waals surface area contributed by atoms with Crippen LogP contribution in [0, 0.1) is 0 Å². The van der Waals surface area contributed by atoms with Gasteiger partial charge >= 0.3 is 0 Å². The number of ether oxygens (including phenoxy) is 1. The molecule has 0 saturated carbocycles. The van der Waals surface area contributed by atoms with E-state index in [0.29, 0.717) is 10.7 Å². The van der Waals surface area contributed by atoms with Crippen molar-refractivity contribution >= 4 is 39.8 Å². The highest BCUT2D eigenvalue weighted by Gasteiger charge is 2.35. The van der Waals surface area contributed by atoms with Crippen molar-refractivity contribution < 1.29 is 14.3 Å². The lowest BCUT2D eigenvalue weighted by atomic mass is 10.0. The van der Waals surface area contributed by atoms with E-state index in [2.05, 4.69) is 0 Å². The SMILES string of the molecule is COc1cccc(/C=C2\SC(=O)N(Cc3cccc4ccccc34)C2=O)c1. The summed E-state index contributed by atoms with van der Waals surface area (Å²) in [6, 6.07) is 21.3. The fourth-order valence-electron chi connectivity index (χ4n) is 3.12. The summed E-state index contributed by atoms with van der Waals surface area (Å²) in [7, 11) is 1.59. The van der Waals surface area contributed by atoms with Crippen molar-refractivity contribution in [2.75, 3.05) is 7.11 Å². The third-order valence-electron chi connectivity index (χ3n) is 4.47. The molecule has 0 atom stereocenters. The molecule has 134 valence electrons. The van der Waals surface area contributed by atoms with E-state index in [4.69, 9.17) is 4.74 Å². The second kappa shape index (κ2) is 7.29. The first-order valence-electron chi connectivity index (χ1n) is 8.52. The number of amides is 2. The van der Waals surface area contributed by atoms with E-state index >= 15 is 0 Å². The van der Waals surface area contributed by atoms with Gasteiger partial charge in [-0.15, -0.1) is 0 Å². The Labute approximate surface area is 161 Å². The highest BCUT2D eigenvalue weighted by molar-refractivity contribution is 8.18. The van der Waals surface area contributed by atoms with Crippen molar-refractivity contribution in [2.24, 2.45) is 0 Å². The van der Waals surface area contributed by atoms with Gasteiger partial charge in [0.2, 0.25) is 0 Å². The van der Waals surface area contributed by atoms with Crippen LogP contribution in [0.25, 0.3) is 16.8 Å². The number of hydrogen-bond donors (Lipinski definition) is 0. The molecule has 0 N–H and O–H groups in total. The molecule has 5 heteroatoms. The molecule has 3 aromatic rings. The largest absolute Gasteiger partial charge is 0.497 e. The molecule has 0 radical (unpaired) electrons. The van der Waals surface area contributed by atoms with Crippen LogP contribution in [-0.4, -0.2) is 23.2 Å². The quantitative estimate of drug-likeness (QED) is 0.596. The average molecular weight is 375 g/mol. The van der Waals surface area contributed by atoms with E-state index in [0.717, 1.165) is 33.7 Å². The van der Waals surface area contributed by atoms with Gasteiger partial charge in [-0.25, -0.2) is 0 Å². The van der Waals surface area contributed by atoms with Crippen molar-refractivity contribution in [3.05, 3.63) is 82.8 Å². The highest BCUT2D eigenvalue weighted by Crippen LogP contribution is 2.34. The van der Waals surface area contributed by atoms with E-state index in [-0.39, 0.29) is 17.7 Å². The monoisotopic (exact) mass is 375 g/mol. The molecule has 27 heavy (non-hydrogen) atoms. The summed E-state index contributed by atoms with van der Waals surface area (Å²) in [5, 5.41) is 1.90. The molecule has 1 aliphatic rings. The summed E-state index contributed by atoms with van der Waals surface area (Å²) in [5.74, 6) is 0.444. The van der Waals surface area contributed by atoms with Gasteiger partial charge in [0.05, 0.1) is 18.6 Å². The smallest absolute Gasteiger partial charge is 0.293 e. The minimum absolute atomic E-state index is 0.248. The van der Waals surface area contributed by atoms with Gasteiger partial charge in [-0.1, -0.05) is 54.6 Å². The second-order valence-electron chi connectivity index (χ2n) is 6.18. The average Bonchev–Trinajstić information content (AvgIpc) is 2.96. The maximum atomic E-state index is 12.8. The Bertz CT molecular complexity index is 1070. The third-order valence-corrected chi connectivity index (χ3v) is 5.38. The van der Waals surface area contributed by atoms with Gasteiger partial charge in [-0.2, -0.15) is 0 Å². The van der Waals surface area contributed by atoms with Crippen molar-refractivity contribution in [2.45, 2.75) is 6.54 Å². The van der Waals surface area contributed by atoms with E-state index < -0.39 is 0 Å². The summed E-state index contributed by atoms with van der Waals surface area (Å²) in [4.78, 5) is 27.0. The van der Waals surface area contributed by atoms with Crippen LogP contribution < -0.4 is 4.74 Å².